The first-order valence-corrected chi connectivity index (χ1v) is 10.5. The number of aryl methyl sites for hydroxylation is 2. The smallest absolute Gasteiger partial charge is 0.360 e. The van der Waals surface area contributed by atoms with E-state index < -0.39 is 11.7 Å². The fourth-order valence-corrected chi connectivity index (χ4v) is 3.95. The maximum Gasteiger partial charge on any atom is 0.416 e. The van der Waals surface area contributed by atoms with Gasteiger partial charge in [-0.15, -0.1) is 0 Å². The fraction of sp³-hybridized carbons (Fsp3) is 0.435. The van der Waals surface area contributed by atoms with E-state index in [1.807, 2.05) is 23.1 Å². The number of alkyl halides is 3. The van der Waals surface area contributed by atoms with Gasteiger partial charge in [0.05, 0.1) is 31.7 Å². The Morgan fingerprint density at radius 2 is 1.63 bits per heavy atom. The van der Waals surface area contributed by atoms with Crippen LogP contribution in [0.5, 0.6) is 0 Å². The van der Waals surface area contributed by atoms with Gasteiger partial charge in [0.2, 0.25) is 0 Å². The van der Waals surface area contributed by atoms with E-state index in [0.29, 0.717) is 38.4 Å². The van der Waals surface area contributed by atoms with Crippen LogP contribution in [0.25, 0.3) is 0 Å². The molecule has 2 N–H and O–H groups in total. The van der Waals surface area contributed by atoms with Crippen LogP contribution in [0.15, 0.2) is 42.5 Å². The Balaban J connectivity index is 1.57. The third-order valence-electron chi connectivity index (χ3n) is 5.68. The third kappa shape index (κ3) is 5.33. The molecule has 0 spiro atoms. The minimum absolute atomic E-state index is 0.0203. The van der Waals surface area contributed by atoms with Crippen molar-refractivity contribution in [2.75, 3.05) is 42.9 Å². The predicted molar refractivity (Wildman–Crippen MR) is 113 cm³/mol. The lowest BCUT2D eigenvalue weighted by molar-refractivity contribution is -0.892. The summed E-state index contributed by atoms with van der Waals surface area (Å²) in [5.74, 6) is -0.0203. The Hall–Kier alpha value is -2.54. The average molecular weight is 420 g/mol. The first-order chi connectivity index (χ1) is 14.3. The molecule has 162 valence electrons. The van der Waals surface area contributed by atoms with Crippen LogP contribution in [-0.4, -0.2) is 38.6 Å². The highest BCUT2D eigenvalue weighted by atomic mass is 19.4. The summed E-state index contributed by atoms with van der Waals surface area (Å²) in [5, 5.41) is 3.10. The average Bonchev–Trinajstić information content (AvgIpc) is 2.74. The molecule has 0 bridgehead atoms. The van der Waals surface area contributed by atoms with Crippen molar-refractivity contribution in [3.63, 3.8) is 0 Å². The van der Waals surface area contributed by atoms with Crippen LogP contribution in [-0.2, 0) is 23.8 Å². The second kappa shape index (κ2) is 9.51. The lowest BCUT2D eigenvalue weighted by Gasteiger charge is -2.33. The van der Waals surface area contributed by atoms with Crippen LogP contribution >= 0.6 is 0 Å². The summed E-state index contributed by atoms with van der Waals surface area (Å²) in [5.41, 5.74) is 3.14. The molecular weight excluding hydrogens is 391 g/mol. The van der Waals surface area contributed by atoms with Crippen molar-refractivity contribution in [2.24, 2.45) is 0 Å². The van der Waals surface area contributed by atoms with E-state index in [9.17, 15) is 18.0 Å². The maximum absolute atomic E-state index is 13.0. The van der Waals surface area contributed by atoms with E-state index in [-0.39, 0.29) is 5.91 Å². The number of halogens is 3. The molecule has 0 unspecified atom stereocenters. The van der Waals surface area contributed by atoms with Gasteiger partial charge in [0, 0.05) is 11.4 Å². The largest absolute Gasteiger partial charge is 0.416 e. The molecule has 3 rings (SSSR count). The number of para-hydroxylation sites is 1. The van der Waals surface area contributed by atoms with Gasteiger partial charge in [0.15, 0.2) is 6.54 Å². The highest BCUT2D eigenvalue weighted by Gasteiger charge is 2.31. The zero-order valence-electron chi connectivity index (χ0n) is 17.5. The number of hydrogen-bond acceptors (Lipinski definition) is 2. The second-order valence-electron chi connectivity index (χ2n) is 7.67. The lowest BCUT2D eigenvalue weighted by atomic mass is 10.0. The molecule has 1 aliphatic rings. The number of piperazine rings is 1. The number of nitrogens with zero attached hydrogens (tertiary/aromatic N) is 1. The van der Waals surface area contributed by atoms with Gasteiger partial charge in [-0.3, -0.25) is 4.79 Å². The Labute approximate surface area is 175 Å². The Morgan fingerprint density at radius 1 is 1.03 bits per heavy atom. The molecule has 7 heteroatoms. The first-order valence-electron chi connectivity index (χ1n) is 10.5. The number of carbonyl (C=O) groups is 1. The topological polar surface area (TPSA) is 36.8 Å². The molecule has 30 heavy (non-hydrogen) atoms. The van der Waals surface area contributed by atoms with Gasteiger partial charge < -0.3 is 15.1 Å². The second-order valence-corrected chi connectivity index (χ2v) is 7.67. The number of quaternary nitrogens is 1. The first kappa shape index (κ1) is 22.2. The van der Waals surface area contributed by atoms with E-state index in [1.165, 1.54) is 12.1 Å². The van der Waals surface area contributed by atoms with E-state index in [0.717, 1.165) is 40.6 Å². The summed E-state index contributed by atoms with van der Waals surface area (Å²) in [6.07, 6.45) is -2.63. The SMILES string of the molecule is CCc1cccc(CC)c1NC(=O)C[NH+]1CCN(c2cccc(C(F)(F)F)c2)CC1. The van der Waals surface area contributed by atoms with Crippen molar-refractivity contribution in [1.29, 1.82) is 0 Å². The van der Waals surface area contributed by atoms with Crippen molar-refractivity contribution in [3.05, 3.63) is 59.2 Å². The lowest BCUT2D eigenvalue weighted by Crippen LogP contribution is -3.15. The van der Waals surface area contributed by atoms with E-state index in [2.05, 4.69) is 19.2 Å². The number of benzene rings is 2. The highest BCUT2D eigenvalue weighted by molar-refractivity contribution is 5.93. The van der Waals surface area contributed by atoms with Crippen LogP contribution in [0, 0.1) is 0 Å². The molecule has 2 aromatic carbocycles. The minimum Gasteiger partial charge on any atom is -0.360 e. The highest BCUT2D eigenvalue weighted by Crippen LogP contribution is 2.31. The van der Waals surface area contributed by atoms with Crippen molar-refractivity contribution in [3.8, 4) is 0 Å². The van der Waals surface area contributed by atoms with Gasteiger partial charge in [-0.05, 0) is 42.2 Å². The summed E-state index contributed by atoms with van der Waals surface area (Å²) in [6.45, 7) is 7.16. The Morgan fingerprint density at radius 3 is 2.20 bits per heavy atom. The molecule has 0 saturated carbocycles. The van der Waals surface area contributed by atoms with Gasteiger partial charge in [0.25, 0.3) is 5.91 Å². The molecular formula is C23H29F3N3O+. The Kier molecular flexibility index (Phi) is 7.02. The zero-order valence-corrected chi connectivity index (χ0v) is 17.5. The number of amides is 1. The summed E-state index contributed by atoms with van der Waals surface area (Å²) < 4.78 is 38.9. The molecule has 1 fully saturated rings. The molecule has 0 atom stereocenters. The summed E-state index contributed by atoms with van der Waals surface area (Å²) in [7, 11) is 0. The summed E-state index contributed by atoms with van der Waals surface area (Å²) in [6, 6.07) is 11.5. The predicted octanol–water partition coefficient (Wildman–Crippen LogP) is 3.17. The molecule has 2 aromatic rings. The van der Waals surface area contributed by atoms with E-state index in [1.54, 1.807) is 6.07 Å². The van der Waals surface area contributed by atoms with Crippen molar-refractivity contribution in [1.82, 2.24) is 0 Å². The molecule has 0 aliphatic carbocycles. The van der Waals surface area contributed by atoms with Crippen LogP contribution in [0.1, 0.15) is 30.5 Å². The number of anilines is 2. The van der Waals surface area contributed by atoms with Gasteiger partial charge in [-0.1, -0.05) is 38.1 Å². The molecule has 1 saturated heterocycles. The molecule has 0 aromatic heterocycles. The van der Waals surface area contributed by atoms with Crippen LogP contribution < -0.4 is 15.1 Å². The van der Waals surface area contributed by atoms with Crippen LogP contribution in [0.3, 0.4) is 0 Å². The molecule has 4 nitrogen and oxygen atoms in total. The van der Waals surface area contributed by atoms with Gasteiger partial charge in [-0.2, -0.15) is 13.2 Å². The van der Waals surface area contributed by atoms with E-state index >= 15 is 0 Å². The summed E-state index contributed by atoms with van der Waals surface area (Å²) in [4.78, 5) is 15.8. The van der Waals surface area contributed by atoms with Crippen LogP contribution in [0.4, 0.5) is 24.5 Å². The third-order valence-corrected chi connectivity index (χ3v) is 5.68. The van der Waals surface area contributed by atoms with E-state index in [4.69, 9.17) is 0 Å². The van der Waals surface area contributed by atoms with Crippen molar-refractivity contribution < 1.29 is 22.9 Å². The molecule has 1 aliphatic heterocycles. The normalized spacial score (nSPS) is 15.3. The number of rotatable bonds is 6. The Bertz CT molecular complexity index is 852. The van der Waals surface area contributed by atoms with Gasteiger partial charge >= 0.3 is 6.18 Å². The number of hydrogen-bond donors (Lipinski definition) is 2. The molecule has 0 radical (unpaired) electrons. The minimum atomic E-state index is -4.34. The van der Waals surface area contributed by atoms with Gasteiger partial charge in [0.1, 0.15) is 0 Å². The van der Waals surface area contributed by atoms with Crippen molar-refractivity contribution >= 4 is 17.3 Å². The monoisotopic (exact) mass is 420 g/mol. The van der Waals surface area contributed by atoms with Crippen LogP contribution in [0.2, 0.25) is 0 Å². The zero-order chi connectivity index (χ0) is 21.7. The fourth-order valence-electron chi connectivity index (χ4n) is 3.95. The quantitative estimate of drug-likeness (QED) is 0.753. The summed E-state index contributed by atoms with van der Waals surface area (Å²) >= 11 is 0. The van der Waals surface area contributed by atoms with Gasteiger partial charge in [-0.25, -0.2) is 0 Å². The van der Waals surface area contributed by atoms with Crippen molar-refractivity contribution in [2.45, 2.75) is 32.9 Å². The number of nitrogens with one attached hydrogen (secondary N) is 2. The maximum atomic E-state index is 13.0. The molecule has 1 heterocycles. The standard InChI is InChI=1S/C23H28F3N3O/c1-3-17-7-5-8-18(4-2)22(17)27-21(30)16-28-11-13-29(14-12-28)20-10-6-9-19(15-20)23(24,25)26/h5-10,15H,3-4,11-14,16H2,1-2H3,(H,27,30)/p+1. The number of carbonyl (C=O) groups excluding carboxylic acids is 1. The molecule has 1 amide bonds.